The number of hydrogen-bond acceptors (Lipinski definition) is 3. The average molecular weight is 401 g/mol. The lowest BCUT2D eigenvalue weighted by Crippen LogP contribution is -2.41. The summed E-state index contributed by atoms with van der Waals surface area (Å²) in [6.07, 6.45) is 0.867. The Labute approximate surface area is 175 Å². The second-order valence-electron chi connectivity index (χ2n) is 6.89. The molecule has 0 atom stereocenters. The molecule has 0 bridgehead atoms. The van der Waals surface area contributed by atoms with Gasteiger partial charge in [-0.15, -0.1) is 0 Å². The van der Waals surface area contributed by atoms with Crippen molar-refractivity contribution in [3.63, 3.8) is 0 Å². The number of carbonyl (C=O) groups is 3. The maximum Gasteiger partial charge on any atom is 0.269 e. The van der Waals surface area contributed by atoms with Crippen LogP contribution in [-0.2, 0) is 11.2 Å². The molecular formula is C24H23N3O3. The van der Waals surface area contributed by atoms with Crippen molar-refractivity contribution in [1.29, 1.82) is 0 Å². The molecule has 0 radical (unpaired) electrons. The third kappa shape index (κ3) is 6.04. The second kappa shape index (κ2) is 10.0. The predicted molar refractivity (Wildman–Crippen MR) is 116 cm³/mol. The molecule has 152 valence electrons. The molecule has 0 fully saturated rings. The van der Waals surface area contributed by atoms with Crippen LogP contribution in [0.4, 0.5) is 5.69 Å². The normalized spacial score (nSPS) is 10.2. The number of anilines is 1. The molecule has 3 N–H and O–H groups in total. The first-order chi connectivity index (χ1) is 14.5. The highest BCUT2D eigenvalue weighted by molar-refractivity contribution is 6.04. The van der Waals surface area contributed by atoms with E-state index >= 15 is 0 Å². The largest absolute Gasteiger partial charge is 0.322 e. The lowest BCUT2D eigenvalue weighted by molar-refractivity contribution is -0.121. The molecule has 0 aromatic heterocycles. The van der Waals surface area contributed by atoms with Gasteiger partial charge in [-0.1, -0.05) is 48.0 Å². The monoisotopic (exact) mass is 401 g/mol. The third-order valence-electron chi connectivity index (χ3n) is 4.48. The van der Waals surface area contributed by atoms with E-state index in [2.05, 4.69) is 16.2 Å². The molecule has 0 spiro atoms. The van der Waals surface area contributed by atoms with E-state index in [1.54, 1.807) is 36.4 Å². The SMILES string of the molecule is Cc1cccc(C(=O)Nc2ccc(C(=O)NNC(=O)CCc3ccccc3)cc2)c1. The Kier molecular flexibility index (Phi) is 6.95. The Morgan fingerprint density at radius 1 is 0.733 bits per heavy atom. The van der Waals surface area contributed by atoms with Gasteiger partial charge in [-0.05, 0) is 55.3 Å². The zero-order valence-corrected chi connectivity index (χ0v) is 16.6. The van der Waals surface area contributed by atoms with Crippen LogP contribution in [0.25, 0.3) is 0 Å². The fourth-order valence-electron chi connectivity index (χ4n) is 2.86. The molecular weight excluding hydrogens is 378 g/mol. The molecule has 3 amide bonds. The Bertz CT molecular complexity index is 1030. The molecule has 0 heterocycles. The van der Waals surface area contributed by atoms with Gasteiger partial charge < -0.3 is 5.32 Å². The van der Waals surface area contributed by atoms with Gasteiger partial charge in [-0.3, -0.25) is 25.2 Å². The molecule has 0 aliphatic rings. The van der Waals surface area contributed by atoms with Crippen LogP contribution in [0.3, 0.4) is 0 Å². The lowest BCUT2D eigenvalue weighted by Gasteiger charge is -2.09. The summed E-state index contributed by atoms with van der Waals surface area (Å²) in [7, 11) is 0. The summed E-state index contributed by atoms with van der Waals surface area (Å²) < 4.78 is 0. The van der Waals surface area contributed by atoms with E-state index in [9.17, 15) is 14.4 Å². The van der Waals surface area contributed by atoms with Crippen molar-refractivity contribution in [2.45, 2.75) is 19.8 Å². The van der Waals surface area contributed by atoms with E-state index in [-0.39, 0.29) is 18.2 Å². The highest BCUT2D eigenvalue weighted by Gasteiger charge is 2.09. The van der Waals surface area contributed by atoms with Crippen molar-refractivity contribution in [2.75, 3.05) is 5.32 Å². The first-order valence-corrected chi connectivity index (χ1v) is 9.62. The van der Waals surface area contributed by atoms with E-state index < -0.39 is 5.91 Å². The van der Waals surface area contributed by atoms with Gasteiger partial charge in [0.1, 0.15) is 0 Å². The van der Waals surface area contributed by atoms with Crippen LogP contribution in [-0.4, -0.2) is 17.7 Å². The summed E-state index contributed by atoms with van der Waals surface area (Å²) in [5.74, 6) is -0.921. The van der Waals surface area contributed by atoms with Crippen LogP contribution in [0, 0.1) is 6.92 Å². The van der Waals surface area contributed by atoms with E-state index in [0.29, 0.717) is 23.2 Å². The van der Waals surface area contributed by atoms with Crippen molar-refractivity contribution in [3.8, 4) is 0 Å². The van der Waals surface area contributed by atoms with Crippen LogP contribution in [0.15, 0.2) is 78.9 Å². The van der Waals surface area contributed by atoms with Gasteiger partial charge in [0.2, 0.25) is 5.91 Å². The minimum absolute atomic E-state index is 0.221. The Balaban J connectivity index is 1.47. The minimum atomic E-state index is -0.431. The minimum Gasteiger partial charge on any atom is -0.322 e. The van der Waals surface area contributed by atoms with Gasteiger partial charge in [0.25, 0.3) is 11.8 Å². The maximum absolute atomic E-state index is 12.3. The fraction of sp³-hybridized carbons (Fsp3) is 0.125. The number of aryl methyl sites for hydroxylation is 2. The number of hydrazine groups is 1. The van der Waals surface area contributed by atoms with Crippen molar-refractivity contribution >= 4 is 23.4 Å². The highest BCUT2D eigenvalue weighted by atomic mass is 16.2. The second-order valence-corrected chi connectivity index (χ2v) is 6.89. The summed E-state index contributed by atoms with van der Waals surface area (Å²) in [6, 6.07) is 23.4. The van der Waals surface area contributed by atoms with Crippen molar-refractivity contribution < 1.29 is 14.4 Å². The van der Waals surface area contributed by atoms with E-state index in [1.807, 2.05) is 49.4 Å². The summed E-state index contributed by atoms with van der Waals surface area (Å²) >= 11 is 0. The number of nitrogens with one attached hydrogen (secondary N) is 3. The van der Waals surface area contributed by atoms with E-state index in [4.69, 9.17) is 0 Å². The Morgan fingerprint density at radius 2 is 1.47 bits per heavy atom. The molecule has 0 aliphatic carbocycles. The summed E-state index contributed by atoms with van der Waals surface area (Å²) in [5.41, 5.74) is 8.38. The summed E-state index contributed by atoms with van der Waals surface area (Å²) in [4.78, 5) is 36.4. The number of benzene rings is 3. The molecule has 3 rings (SSSR count). The Morgan fingerprint density at radius 3 is 2.17 bits per heavy atom. The van der Waals surface area contributed by atoms with Crippen LogP contribution in [0.2, 0.25) is 0 Å². The quantitative estimate of drug-likeness (QED) is 0.551. The summed E-state index contributed by atoms with van der Waals surface area (Å²) in [6.45, 7) is 1.92. The van der Waals surface area contributed by atoms with E-state index in [1.165, 1.54) is 0 Å². The van der Waals surface area contributed by atoms with Crippen LogP contribution in [0.5, 0.6) is 0 Å². The Hall–Kier alpha value is -3.93. The number of hydrogen-bond donors (Lipinski definition) is 3. The van der Waals surface area contributed by atoms with Crippen LogP contribution in [0.1, 0.15) is 38.3 Å². The zero-order chi connectivity index (χ0) is 21.3. The standard InChI is InChI=1S/C24H23N3O3/c1-17-6-5-9-20(16-17)23(29)25-21-13-11-19(12-14-21)24(30)27-26-22(28)15-10-18-7-3-2-4-8-18/h2-9,11-14,16H,10,15H2,1H3,(H,25,29)(H,26,28)(H,27,30). The van der Waals surface area contributed by atoms with Gasteiger partial charge in [0.05, 0.1) is 0 Å². The van der Waals surface area contributed by atoms with Crippen molar-refractivity contribution in [1.82, 2.24) is 10.9 Å². The van der Waals surface area contributed by atoms with Crippen LogP contribution >= 0.6 is 0 Å². The third-order valence-corrected chi connectivity index (χ3v) is 4.48. The van der Waals surface area contributed by atoms with E-state index in [0.717, 1.165) is 11.1 Å². The molecule has 30 heavy (non-hydrogen) atoms. The highest BCUT2D eigenvalue weighted by Crippen LogP contribution is 2.12. The molecule has 6 nitrogen and oxygen atoms in total. The van der Waals surface area contributed by atoms with Crippen molar-refractivity contribution in [3.05, 3.63) is 101 Å². The van der Waals surface area contributed by atoms with Gasteiger partial charge in [-0.2, -0.15) is 0 Å². The predicted octanol–water partition coefficient (Wildman–Crippen LogP) is 3.64. The molecule has 0 unspecified atom stereocenters. The fourth-order valence-corrected chi connectivity index (χ4v) is 2.86. The van der Waals surface area contributed by atoms with Gasteiger partial charge >= 0.3 is 0 Å². The zero-order valence-electron chi connectivity index (χ0n) is 16.6. The molecule has 3 aromatic rings. The number of carbonyl (C=O) groups excluding carboxylic acids is 3. The van der Waals surface area contributed by atoms with Gasteiger partial charge in [0.15, 0.2) is 0 Å². The van der Waals surface area contributed by atoms with Gasteiger partial charge in [-0.25, -0.2) is 0 Å². The number of amides is 3. The average Bonchev–Trinajstić information content (AvgIpc) is 2.77. The van der Waals surface area contributed by atoms with Crippen LogP contribution < -0.4 is 16.2 Å². The first-order valence-electron chi connectivity index (χ1n) is 9.62. The molecule has 0 saturated carbocycles. The first kappa shape index (κ1) is 20.8. The molecule has 0 aliphatic heterocycles. The van der Waals surface area contributed by atoms with Gasteiger partial charge in [0, 0.05) is 23.2 Å². The molecule has 6 heteroatoms. The molecule has 3 aromatic carbocycles. The summed E-state index contributed by atoms with van der Waals surface area (Å²) in [5, 5.41) is 2.79. The maximum atomic E-state index is 12.3. The van der Waals surface area contributed by atoms with Crippen molar-refractivity contribution in [2.24, 2.45) is 0 Å². The topological polar surface area (TPSA) is 87.3 Å². The smallest absolute Gasteiger partial charge is 0.269 e. The number of rotatable bonds is 6. The lowest BCUT2D eigenvalue weighted by atomic mass is 10.1. The molecule has 0 saturated heterocycles.